The molecule has 2 heterocycles. The van der Waals surface area contributed by atoms with Gasteiger partial charge in [0.25, 0.3) is 0 Å². The van der Waals surface area contributed by atoms with Crippen LogP contribution < -0.4 is 5.32 Å². The lowest BCUT2D eigenvalue weighted by molar-refractivity contribution is 0.211. The van der Waals surface area contributed by atoms with Gasteiger partial charge in [0.2, 0.25) is 5.95 Å². The third-order valence-corrected chi connectivity index (χ3v) is 4.55. The van der Waals surface area contributed by atoms with Gasteiger partial charge >= 0.3 is 0 Å². The van der Waals surface area contributed by atoms with Gasteiger partial charge in [-0.2, -0.15) is 0 Å². The zero-order valence-electron chi connectivity index (χ0n) is 12.8. The standard InChI is InChI=1S/C17H21BrN4/c1-13-10-19-17(20-11-13)21-16-6-8-22(9-7-16)12-14-2-4-15(18)5-3-14/h2-5,10-11,16H,6-9,12H2,1H3,(H,19,20,21). The van der Waals surface area contributed by atoms with E-state index in [-0.39, 0.29) is 0 Å². The van der Waals surface area contributed by atoms with Crippen molar-refractivity contribution in [3.05, 3.63) is 52.3 Å². The molecule has 3 rings (SSSR count). The van der Waals surface area contributed by atoms with Crippen LogP contribution in [0.15, 0.2) is 41.1 Å². The molecule has 0 atom stereocenters. The first kappa shape index (κ1) is 15.4. The average Bonchev–Trinajstić information content (AvgIpc) is 2.54. The Hall–Kier alpha value is -1.46. The zero-order valence-corrected chi connectivity index (χ0v) is 14.4. The van der Waals surface area contributed by atoms with Crippen molar-refractivity contribution in [2.75, 3.05) is 18.4 Å². The monoisotopic (exact) mass is 360 g/mol. The van der Waals surface area contributed by atoms with Gasteiger partial charge in [0.15, 0.2) is 0 Å². The van der Waals surface area contributed by atoms with Crippen LogP contribution in [0, 0.1) is 6.92 Å². The lowest BCUT2D eigenvalue weighted by atomic mass is 10.0. The molecule has 0 aliphatic carbocycles. The molecule has 1 aliphatic rings. The third kappa shape index (κ3) is 4.27. The Labute approximate surface area is 140 Å². The van der Waals surface area contributed by atoms with Gasteiger partial charge in [-0.25, -0.2) is 9.97 Å². The molecule has 1 N–H and O–H groups in total. The first-order chi connectivity index (χ1) is 10.7. The van der Waals surface area contributed by atoms with Gasteiger partial charge in [0.05, 0.1) is 0 Å². The summed E-state index contributed by atoms with van der Waals surface area (Å²) in [6, 6.07) is 9.07. The number of benzene rings is 1. The molecular formula is C17H21BrN4. The fraction of sp³-hybridized carbons (Fsp3) is 0.412. The summed E-state index contributed by atoms with van der Waals surface area (Å²) in [5, 5.41) is 3.44. The van der Waals surface area contributed by atoms with E-state index in [9.17, 15) is 0 Å². The van der Waals surface area contributed by atoms with Gasteiger partial charge < -0.3 is 5.32 Å². The van der Waals surface area contributed by atoms with E-state index >= 15 is 0 Å². The van der Waals surface area contributed by atoms with E-state index in [1.54, 1.807) is 0 Å². The number of hydrogen-bond donors (Lipinski definition) is 1. The number of halogens is 1. The number of rotatable bonds is 4. The van der Waals surface area contributed by atoms with Crippen molar-refractivity contribution in [2.45, 2.75) is 32.4 Å². The van der Waals surface area contributed by atoms with Gasteiger partial charge in [-0.15, -0.1) is 0 Å². The first-order valence-corrected chi connectivity index (χ1v) is 8.50. The van der Waals surface area contributed by atoms with Crippen molar-refractivity contribution >= 4 is 21.9 Å². The minimum absolute atomic E-state index is 0.476. The fourth-order valence-electron chi connectivity index (χ4n) is 2.73. The largest absolute Gasteiger partial charge is 0.351 e. The number of likely N-dealkylation sites (tertiary alicyclic amines) is 1. The minimum atomic E-state index is 0.476. The van der Waals surface area contributed by atoms with Crippen LogP contribution in [0.1, 0.15) is 24.0 Å². The van der Waals surface area contributed by atoms with Crippen LogP contribution in [0.25, 0.3) is 0 Å². The van der Waals surface area contributed by atoms with Crippen LogP contribution in [0.2, 0.25) is 0 Å². The second-order valence-electron chi connectivity index (χ2n) is 5.91. The number of anilines is 1. The van der Waals surface area contributed by atoms with E-state index in [4.69, 9.17) is 0 Å². The highest BCUT2D eigenvalue weighted by molar-refractivity contribution is 9.10. The predicted molar refractivity (Wildman–Crippen MR) is 92.8 cm³/mol. The molecule has 2 aromatic rings. The van der Waals surface area contributed by atoms with Crippen LogP contribution in [0.3, 0.4) is 0 Å². The third-order valence-electron chi connectivity index (χ3n) is 4.02. The molecule has 4 nitrogen and oxygen atoms in total. The number of aromatic nitrogens is 2. The molecule has 0 radical (unpaired) electrons. The number of aryl methyl sites for hydroxylation is 1. The Bertz CT molecular complexity index is 534. The summed E-state index contributed by atoms with van der Waals surface area (Å²) in [7, 11) is 0. The molecule has 0 unspecified atom stereocenters. The van der Waals surface area contributed by atoms with Crippen LogP contribution in [-0.4, -0.2) is 34.0 Å². The van der Waals surface area contributed by atoms with Crippen molar-refractivity contribution in [3.63, 3.8) is 0 Å². The van der Waals surface area contributed by atoms with E-state index in [1.165, 1.54) is 5.56 Å². The minimum Gasteiger partial charge on any atom is -0.351 e. The van der Waals surface area contributed by atoms with Gasteiger partial charge in [0, 0.05) is 42.5 Å². The summed E-state index contributed by atoms with van der Waals surface area (Å²) in [5.74, 6) is 0.747. The lowest BCUT2D eigenvalue weighted by Gasteiger charge is -2.32. The van der Waals surface area contributed by atoms with Gasteiger partial charge in [-0.1, -0.05) is 28.1 Å². The summed E-state index contributed by atoms with van der Waals surface area (Å²) in [6.45, 7) is 5.25. The van der Waals surface area contributed by atoms with E-state index in [0.717, 1.165) is 48.5 Å². The van der Waals surface area contributed by atoms with Gasteiger partial charge in [0.1, 0.15) is 0 Å². The van der Waals surface area contributed by atoms with Crippen molar-refractivity contribution in [2.24, 2.45) is 0 Å². The Morgan fingerprint density at radius 3 is 2.41 bits per heavy atom. The SMILES string of the molecule is Cc1cnc(NC2CCN(Cc3ccc(Br)cc3)CC2)nc1. The normalized spacial score (nSPS) is 16.6. The van der Waals surface area contributed by atoms with E-state index in [2.05, 4.69) is 60.4 Å². The molecule has 1 saturated heterocycles. The Morgan fingerprint density at radius 2 is 1.77 bits per heavy atom. The van der Waals surface area contributed by atoms with E-state index in [1.807, 2.05) is 19.3 Å². The molecule has 1 fully saturated rings. The smallest absolute Gasteiger partial charge is 0.222 e. The molecule has 0 bridgehead atoms. The topological polar surface area (TPSA) is 41.1 Å². The maximum absolute atomic E-state index is 4.33. The molecule has 0 saturated carbocycles. The molecule has 1 aromatic carbocycles. The van der Waals surface area contributed by atoms with Crippen LogP contribution in [0.5, 0.6) is 0 Å². The van der Waals surface area contributed by atoms with E-state index in [0.29, 0.717) is 6.04 Å². The second-order valence-corrected chi connectivity index (χ2v) is 6.82. The molecule has 0 amide bonds. The molecule has 116 valence electrons. The van der Waals surface area contributed by atoms with Gasteiger partial charge in [-0.05, 0) is 43.0 Å². The highest BCUT2D eigenvalue weighted by atomic mass is 79.9. The predicted octanol–water partition coefficient (Wildman–Crippen LogP) is 3.62. The fourth-order valence-corrected chi connectivity index (χ4v) is 3.00. The first-order valence-electron chi connectivity index (χ1n) is 7.71. The van der Waals surface area contributed by atoms with Crippen LogP contribution >= 0.6 is 15.9 Å². The highest BCUT2D eigenvalue weighted by Gasteiger charge is 2.19. The quantitative estimate of drug-likeness (QED) is 0.903. The van der Waals surface area contributed by atoms with Gasteiger partial charge in [-0.3, -0.25) is 4.90 Å². The zero-order chi connectivity index (χ0) is 15.4. The number of piperidine rings is 1. The van der Waals surface area contributed by atoms with Crippen molar-refractivity contribution < 1.29 is 0 Å². The second kappa shape index (κ2) is 7.20. The molecule has 1 aliphatic heterocycles. The number of nitrogens with one attached hydrogen (secondary N) is 1. The van der Waals surface area contributed by atoms with E-state index < -0.39 is 0 Å². The molecular weight excluding hydrogens is 340 g/mol. The molecule has 5 heteroatoms. The van der Waals surface area contributed by atoms with Crippen LogP contribution in [-0.2, 0) is 6.54 Å². The highest BCUT2D eigenvalue weighted by Crippen LogP contribution is 2.17. The lowest BCUT2D eigenvalue weighted by Crippen LogP contribution is -2.38. The van der Waals surface area contributed by atoms with Crippen molar-refractivity contribution in [3.8, 4) is 0 Å². The Balaban J connectivity index is 1.47. The van der Waals surface area contributed by atoms with Crippen molar-refractivity contribution in [1.29, 1.82) is 0 Å². The maximum Gasteiger partial charge on any atom is 0.222 e. The number of nitrogens with zero attached hydrogens (tertiary/aromatic N) is 3. The maximum atomic E-state index is 4.33. The summed E-state index contributed by atoms with van der Waals surface area (Å²) in [5.41, 5.74) is 2.46. The summed E-state index contributed by atoms with van der Waals surface area (Å²) >= 11 is 3.48. The molecule has 22 heavy (non-hydrogen) atoms. The summed E-state index contributed by atoms with van der Waals surface area (Å²) < 4.78 is 1.14. The number of hydrogen-bond acceptors (Lipinski definition) is 4. The Kier molecular flexibility index (Phi) is 5.05. The average molecular weight is 361 g/mol. The summed E-state index contributed by atoms with van der Waals surface area (Å²) in [6.07, 6.45) is 5.98. The molecule has 1 aromatic heterocycles. The Morgan fingerprint density at radius 1 is 1.14 bits per heavy atom. The molecule has 0 spiro atoms. The van der Waals surface area contributed by atoms with Crippen LogP contribution in [0.4, 0.5) is 5.95 Å². The summed E-state index contributed by atoms with van der Waals surface area (Å²) in [4.78, 5) is 11.2. The van der Waals surface area contributed by atoms with Crippen molar-refractivity contribution in [1.82, 2.24) is 14.9 Å².